The van der Waals surface area contributed by atoms with Crippen molar-refractivity contribution < 1.29 is 0 Å². The van der Waals surface area contributed by atoms with Crippen molar-refractivity contribution in [2.24, 2.45) is 0 Å². The number of rotatable bonds is 3. The Balaban J connectivity index is 1.89. The molecule has 1 fully saturated rings. The summed E-state index contributed by atoms with van der Waals surface area (Å²) in [5.74, 6) is 0. The molecule has 4 heteroatoms. The van der Waals surface area contributed by atoms with Gasteiger partial charge in [0.25, 0.3) is 0 Å². The van der Waals surface area contributed by atoms with E-state index in [1.165, 1.54) is 5.69 Å². The molecule has 1 saturated heterocycles. The largest absolute Gasteiger partial charge is 0.369 e. The van der Waals surface area contributed by atoms with Crippen molar-refractivity contribution in [3.05, 3.63) is 29.3 Å². The quantitative estimate of drug-likeness (QED) is 0.824. The smallest absolute Gasteiger partial charge is 0.0635 e. The fourth-order valence-corrected chi connectivity index (χ4v) is 2.30. The fourth-order valence-electron chi connectivity index (χ4n) is 2.11. The van der Waals surface area contributed by atoms with Crippen LogP contribution in [0.4, 0.5) is 5.69 Å². The molecule has 0 N–H and O–H groups in total. The number of halogens is 1. The molecular weight excluding hydrogens is 234 g/mol. The molecule has 0 aromatic heterocycles. The Labute approximate surface area is 107 Å². The van der Waals surface area contributed by atoms with Gasteiger partial charge in [-0.05, 0) is 18.2 Å². The van der Waals surface area contributed by atoms with Crippen molar-refractivity contribution in [2.75, 3.05) is 37.6 Å². The normalized spacial score (nSPS) is 16.8. The topological polar surface area (TPSA) is 30.3 Å². The highest BCUT2D eigenvalue weighted by atomic mass is 35.5. The molecular formula is C13H16ClN3. The second kappa shape index (κ2) is 5.90. The molecule has 0 aliphatic carbocycles. The maximum absolute atomic E-state index is 8.56. The van der Waals surface area contributed by atoms with E-state index in [1.54, 1.807) is 0 Å². The summed E-state index contributed by atoms with van der Waals surface area (Å²) >= 11 is 5.99. The minimum atomic E-state index is 0.622. The number of hydrogen-bond donors (Lipinski definition) is 0. The van der Waals surface area contributed by atoms with E-state index in [2.05, 4.69) is 21.9 Å². The van der Waals surface area contributed by atoms with Gasteiger partial charge < -0.3 is 4.90 Å². The van der Waals surface area contributed by atoms with E-state index in [1.807, 2.05) is 18.2 Å². The van der Waals surface area contributed by atoms with Crippen LogP contribution in [0.15, 0.2) is 24.3 Å². The highest BCUT2D eigenvalue weighted by Crippen LogP contribution is 2.20. The van der Waals surface area contributed by atoms with Crippen LogP contribution in [-0.4, -0.2) is 37.6 Å². The third-order valence-electron chi connectivity index (χ3n) is 3.09. The van der Waals surface area contributed by atoms with Crippen molar-refractivity contribution >= 4 is 17.3 Å². The van der Waals surface area contributed by atoms with Crippen molar-refractivity contribution in [1.82, 2.24) is 4.90 Å². The number of anilines is 1. The van der Waals surface area contributed by atoms with Crippen LogP contribution in [0.2, 0.25) is 5.02 Å². The highest BCUT2D eigenvalue weighted by Gasteiger charge is 2.16. The molecule has 0 spiro atoms. The number of benzene rings is 1. The first kappa shape index (κ1) is 12.2. The molecule has 1 heterocycles. The Morgan fingerprint density at radius 3 is 2.65 bits per heavy atom. The standard InChI is InChI=1S/C13H16ClN3/c14-12-3-1-4-13(11-12)17-9-7-16(8-10-17)6-2-5-15/h1,3-4,11H,2,6-10H2. The van der Waals surface area contributed by atoms with Crippen molar-refractivity contribution in [1.29, 1.82) is 5.26 Å². The monoisotopic (exact) mass is 249 g/mol. The van der Waals surface area contributed by atoms with Gasteiger partial charge >= 0.3 is 0 Å². The van der Waals surface area contributed by atoms with Gasteiger partial charge in [-0.25, -0.2) is 0 Å². The summed E-state index contributed by atoms with van der Waals surface area (Å²) in [7, 11) is 0. The van der Waals surface area contributed by atoms with Crippen molar-refractivity contribution in [2.45, 2.75) is 6.42 Å². The Bertz CT molecular complexity index is 405. The second-order valence-corrected chi connectivity index (χ2v) is 4.65. The van der Waals surface area contributed by atoms with Crippen LogP contribution >= 0.6 is 11.6 Å². The number of hydrogen-bond acceptors (Lipinski definition) is 3. The molecule has 0 saturated carbocycles. The zero-order valence-electron chi connectivity index (χ0n) is 9.77. The summed E-state index contributed by atoms with van der Waals surface area (Å²) in [5.41, 5.74) is 1.19. The average molecular weight is 250 g/mol. The van der Waals surface area contributed by atoms with Crippen LogP contribution < -0.4 is 4.90 Å². The first-order valence-electron chi connectivity index (χ1n) is 5.89. The molecule has 0 atom stereocenters. The van der Waals surface area contributed by atoms with Crippen LogP contribution in [-0.2, 0) is 0 Å². The van der Waals surface area contributed by atoms with Gasteiger partial charge in [0.15, 0.2) is 0 Å². The minimum absolute atomic E-state index is 0.622. The molecule has 1 aromatic rings. The second-order valence-electron chi connectivity index (χ2n) is 4.22. The number of nitriles is 1. The zero-order valence-corrected chi connectivity index (χ0v) is 10.5. The van der Waals surface area contributed by atoms with Gasteiger partial charge in [0.2, 0.25) is 0 Å². The fraction of sp³-hybridized carbons (Fsp3) is 0.462. The van der Waals surface area contributed by atoms with Crippen LogP contribution in [0.1, 0.15) is 6.42 Å². The first-order chi connectivity index (χ1) is 8.29. The SMILES string of the molecule is N#CCCN1CCN(c2cccc(Cl)c2)CC1. The van der Waals surface area contributed by atoms with Crippen LogP contribution in [0.25, 0.3) is 0 Å². The van der Waals surface area contributed by atoms with Crippen molar-refractivity contribution in [3.8, 4) is 6.07 Å². The van der Waals surface area contributed by atoms with E-state index in [0.29, 0.717) is 6.42 Å². The van der Waals surface area contributed by atoms with Crippen LogP contribution in [0.5, 0.6) is 0 Å². The van der Waals surface area contributed by atoms with E-state index in [4.69, 9.17) is 16.9 Å². The Morgan fingerprint density at radius 1 is 1.24 bits per heavy atom. The van der Waals surface area contributed by atoms with Gasteiger partial charge in [-0.2, -0.15) is 5.26 Å². The molecule has 17 heavy (non-hydrogen) atoms. The lowest BCUT2D eigenvalue weighted by molar-refractivity contribution is 0.263. The highest BCUT2D eigenvalue weighted by molar-refractivity contribution is 6.30. The molecule has 1 aliphatic heterocycles. The maximum Gasteiger partial charge on any atom is 0.0635 e. The predicted molar refractivity (Wildman–Crippen MR) is 70.3 cm³/mol. The van der Waals surface area contributed by atoms with Crippen LogP contribution in [0.3, 0.4) is 0 Å². The minimum Gasteiger partial charge on any atom is -0.369 e. The first-order valence-corrected chi connectivity index (χ1v) is 6.27. The zero-order chi connectivity index (χ0) is 12.1. The van der Waals surface area contributed by atoms with Gasteiger partial charge in [0.05, 0.1) is 6.07 Å². The molecule has 90 valence electrons. The molecule has 2 rings (SSSR count). The van der Waals surface area contributed by atoms with E-state index in [-0.39, 0.29) is 0 Å². The molecule has 0 bridgehead atoms. The van der Waals surface area contributed by atoms with Gasteiger partial charge in [0.1, 0.15) is 0 Å². The Morgan fingerprint density at radius 2 is 2.00 bits per heavy atom. The van der Waals surface area contributed by atoms with E-state index >= 15 is 0 Å². The summed E-state index contributed by atoms with van der Waals surface area (Å²) in [6.07, 6.45) is 0.622. The molecule has 0 unspecified atom stereocenters. The van der Waals surface area contributed by atoms with Gasteiger partial charge in [0, 0.05) is 49.9 Å². The summed E-state index contributed by atoms with van der Waals surface area (Å²) < 4.78 is 0. The third kappa shape index (κ3) is 3.36. The number of piperazine rings is 1. The molecule has 1 aliphatic rings. The molecule has 3 nitrogen and oxygen atoms in total. The summed E-state index contributed by atoms with van der Waals surface area (Å²) in [5, 5.41) is 9.34. The predicted octanol–water partition coefficient (Wildman–Crippen LogP) is 2.38. The Hall–Kier alpha value is -1.24. The summed E-state index contributed by atoms with van der Waals surface area (Å²) in [6.45, 7) is 4.94. The maximum atomic E-state index is 8.56. The van der Waals surface area contributed by atoms with E-state index in [0.717, 1.165) is 37.7 Å². The van der Waals surface area contributed by atoms with Crippen molar-refractivity contribution in [3.63, 3.8) is 0 Å². The molecule has 1 aromatic carbocycles. The van der Waals surface area contributed by atoms with Gasteiger partial charge in [-0.1, -0.05) is 17.7 Å². The van der Waals surface area contributed by atoms with Gasteiger partial charge in [-0.15, -0.1) is 0 Å². The lowest BCUT2D eigenvalue weighted by atomic mass is 10.2. The lowest BCUT2D eigenvalue weighted by Gasteiger charge is -2.35. The summed E-state index contributed by atoms with van der Waals surface area (Å²) in [4.78, 5) is 4.68. The third-order valence-corrected chi connectivity index (χ3v) is 3.32. The lowest BCUT2D eigenvalue weighted by Crippen LogP contribution is -2.46. The molecule has 0 radical (unpaired) electrons. The molecule has 0 amide bonds. The average Bonchev–Trinajstić information content (AvgIpc) is 2.37. The summed E-state index contributed by atoms with van der Waals surface area (Å²) in [6, 6.07) is 10.2. The Kier molecular flexibility index (Phi) is 4.24. The van der Waals surface area contributed by atoms with Crippen LogP contribution in [0, 0.1) is 11.3 Å². The van der Waals surface area contributed by atoms with E-state index < -0.39 is 0 Å². The number of nitrogens with zero attached hydrogens (tertiary/aromatic N) is 3. The van der Waals surface area contributed by atoms with Gasteiger partial charge in [-0.3, -0.25) is 4.90 Å². The van der Waals surface area contributed by atoms with E-state index in [9.17, 15) is 0 Å².